The zero-order valence-corrected chi connectivity index (χ0v) is 17.4. The summed E-state index contributed by atoms with van der Waals surface area (Å²) in [5.41, 5.74) is -0.834. The molecule has 0 bridgehead atoms. The first-order valence-electron chi connectivity index (χ1n) is 9.22. The summed E-state index contributed by atoms with van der Waals surface area (Å²) >= 11 is 3.28. The topological polar surface area (TPSA) is 71.5 Å². The Morgan fingerprint density at radius 3 is 2.57 bits per heavy atom. The van der Waals surface area contributed by atoms with Crippen molar-refractivity contribution in [3.8, 4) is 5.75 Å². The summed E-state index contributed by atoms with van der Waals surface area (Å²) < 4.78 is 44.3. The Labute approximate surface area is 179 Å². The van der Waals surface area contributed by atoms with E-state index in [0.29, 0.717) is 31.7 Å². The molecule has 0 saturated carbocycles. The Morgan fingerprint density at radius 1 is 1.20 bits per heavy atom. The van der Waals surface area contributed by atoms with Crippen LogP contribution in [0.15, 0.2) is 47.1 Å². The molecule has 2 amide bonds. The largest absolute Gasteiger partial charge is 0.484 e. The number of halogens is 4. The van der Waals surface area contributed by atoms with Crippen LogP contribution in [0, 0.1) is 5.92 Å². The van der Waals surface area contributed by atoms with Crippen LogP contribution >= 0.6 is 15.9 Å². The fourth-order valence-corrected chi connectivity index (χ4v) is 3.30. The third-order valence-corrected chi connectivity index (χ3v) is 5.19. The second-order valence-electron chi connectivity index (χ2n) is 6.82. The van der Waals surface area contributed by atoms with E-state index >= 15 is 0 Å². The highest BCUT2D eigenvalue weighted by molar-refractivity contribution is 9.10. The predicted molar refractivity (Wildman–Crippen MR) is 107 cm³/mol. The maximum Gasteiger partial charge on any atom is 0.416 e. The average Bonchev–Trinajstić information content (AvgIpc) is 2.73. The van der Waals surface area contributed by atoms with Crippen LogP contribution in [0.3, 0.4) is 0 Å². The molecule has 0 spiro atoms. The van der Waals surface area contributed by atoms with E-state index in [-0.39, 0.29) is 30.1 Å². The lowest BCUT2D eigenvalue weighted by Crippen LogP contribution is -2.43. The van der Waals surface area contributed by atoms with Crippen molar-refractivity contribution < 1.29 is 27.5 Å². The maximum absolute atomic E-state index is 12.7. The van der Waals surface area contributed by atoms with Crippen LogP contribution in [-0.4, -0.2) is 41.4 Å². The van der Waals surface area contributed by atoms with Crippen molar-refractivity contribution in [3.63, 3.8) is 0 Å². The van der Waals surface area contributed by atoms with Crippen LogP contribution in [0.1, 0.15) is 18.4 Å². The van der Waals surface area contributed by atoms with Gasteiger partial charge in [-0.3, -0.25) is 9.59 Å². The number of aromatic nitrogens is 1. The average molecular weight is 486 g/mol. The number of nitrogens with one attached hydrogen (secondary N) is 1. The van der Waals surface area contributed by atoms with E-state index in [1.54, 1.807) is 23.2 Å². The van der Waals surface area contributed by atoms with Gasteiger partial charge in [-0.2, -0.15) is 13.2 Å². The first-order valence-corrected chi connectivity index (χ1v) is 10.0. The molecule has 3 rings (SSSR count). The summed E-state index contributed by atoms with van der Waals surface area (Å²) in [7, 11) is 0. The smallest absolute Gasteiger partial charge is 0.416 e. The minimum Gasteiger partial charge on any atom is -0.484 e. The van der Waals surface area contributed by atoms with Gasteiger partial charge in [-0.15, -0.1) is 0 Å². The highest BCUT2D eigenvalue weighted by atomic mass is 79.9. The van der Waals surface area contributed by atoms with Gasteiger partial charge in [0.15, 0.2) is 6.61 Å². The third-order valence-electron chi connectivity index (χ3n) is 4.72. The lowest BCUT2D eigenvalue weighted by Gasteiger charge is -2.31. The number of ether oxygens (including phenoxy) is 1. The van der Waals surface area contributed by atoms with Crippen LogP contribution in [0.25, 0.3) is 0 Å². The molecule has 1 aromatic heterocycles. The molecule has 0 atom stereocenters. The number of anilines is 1. The molecule has 2 aromatic rings. The summed E-state index contributed by atoms with van der Waals surface area (Å²) in [6.45, 7) is 0.383. The number of carbonyl (C=O) groups excluding carboxylic acids is 2. The fraction of sp³-hybridized carbons (Fsp3) is 0.350. The van der Waals surface area contributed by atoms with Crippen LogP contribution in [0.4, 0.5) is 19.0 Å². The minimum absolute atomic E-state index is 0.0190. The second-order valence-corrected chi connectivity index (χ2v) is 7.74. The van der Waals surface area contributed by atoms with Crippen molar-refractivity contribution in [1.29, 1.82) is 0 Å². The fourth-order valence-electron chi connectivity index (χ4n) is 3.07. The Kier molecular flexibility index (Phi) is 6.96. The van der Waals surface area contributed by atoms with E-state index in [4.69, 9.17) is 4.74 Å². The zero-order chi connectivity index (χ0) is 21.7. The molecule has 0 unspecified atom stereocenters. The number of pyridine rings is 1. The Balaban J connectivity index is 1.46. The molecule has 0 aliphatic carbocycles. The molecule has 1 aromatic carbocycles. The summed E-state index contributed by atoms with van der Waals surface area (Å²) in [6, 6.07) is 7.86. The van der Waals surface area contributed by atoms with Gasteiger partial charge in [0.2, 0.25) is 5.91 Å². The predicted octanol–water partition coefficient (Wildman–Crippen LogP) is 4.12. The van der Waals surface area contributed by atoms with Gasteiger partial charge < -0.3 is 15.0 Å². The number of rotatable bonds is 5. The van der Waals surface area contributed by atoms with E-state index in [1.807, 2.05) is 0 Å². The molecule has 160 valence electrons. The quantitative estimate of drug-likeness (QED) is 0.691. The van der Waals surface area contributed by atoms with Crippen molar-refractivity contribution in [2.24, 2.45) is 5.92 Å². The molecule has 1 aliphatic rings. The number of amides is 2. The van der Waals surface area contributed by atoms with Crippen molar-refractivity contribution in [2.45, 2.75) is 19.0 Å². The number of nitrogens with zero attached hydrogens (tertiary/aromatic N) is 2. The van der Waals surface area contributed by atoms with Gasteiger partial charge in [0.05, 0.1) is 5.56 Å². The molecule has 30 heavy (non-hydrogen) atoms. The van der Waals surface area contributed by atoms with E-state index < -0.39 is 11.7 Å². The number of benzene rings is 1. The molecule has 1 aliphatic heterocycles. The summed E-state index contributed by atoms with van der Waals surface area (Å²) in [5.74, 6) is -0.299. The number of alkyl halides is 3. The first-order chi connectivity index (χ1) is 14.2. The van der Waals surface area contributed by atoms with Gasteiger partial charge in [-0.05, 0) is 59.1 Å². The highest BCUT2D eigenvalue weighted by Crippen LogP contribution is 2.31. The van der Waals surface area contributed by atoms with Crippen molar-refractivity contribution >= 4 is 33.6 Å². The maximum atomic E-state index is 12.7. The molecule has 1 fully saturated rings. The van der Waals surface area contributed by atoms with Crippen molar-refractivity contribution in [3.05, 3.63) is 52.6 Å². The monoisotopic (exact) mass is 485 g/mol. The molecule has 2 heterocycles. The molecule has 10 heteroatoms. The normalized spacial score (nSPS) is 15.0. The highest BCUT2D eigenvalue weighted by Gasteiger charge is 2.31. The van der Waals surface area contributed by atoms with E-state index in [9.17, 15) is 22.8 Å². The SMILES string of the molecule is O=C(Nc1ccc(Br)cn1)C1CCN(C(=O)COc2cccc(C(F)(F)F)c2)CC1. The van der Waals surface area contributed by atoms with Gasteiger partial charge in [0.1, 0.15) is 11.6 Å². The molecule has 1 N–H and O–H groups in total. The van der Waals surface area contributed by atoms with Crippen LogP contribution in [0.2, 0.25) is 0 Å². The van der Waals surface area contributed by atoms with E-state index in [1.165, 1.54) is 12.1 Å². The lowest BCUT2D eigenvalue weighted by molar-refractivity contribution is -0.137. The number of hydrogen-bond donors (Lipinski definition) is 1. The van der Waals surface area contributed by atoms with Crippen LogP contribution in [-0.2, 0) is 15.8 Å². The van der Waals surface area contributed by atoms with Gasteiger partial charge in [0.25, 0.3) is 5.91 Å². The van der Waals surface area contributed by atoms with Crippen LogP contribution in [0.5, 0.6) is 5.75 Å². The number of piperidine rings is 1. The Hall–Kier alpha value is -2.62. The number of likely N-dealkylation sites (tertiary alicyclic amines) is 1. The molecular formula is C20H19BrF3N3O3. The van der Waals surface area contributed by atoms with Gasteiger partial charge in [-0.25, -0.2) is 4.98 Å². The minimum atomic E-state index is -4.47. The number of hydrogen-bond acceptors (Lipinski definition) is 4. The molecule has 0 radical (unpaired) electrons. The van der Waals surface area contributed by atoms with Gasteiger partial charge in [-0.1, -0.05) is 6.07 Å². The zero-order valence-electron chi connectivity index (χ0n) is 15.8. The summed E-state index contributed by atoms with van der Waals surface area (Å²) in [5, 5.41) is 2.76. The Bertz CT molecular complexity index is 898. The van der Waals surface area contributed by atoms with Crippen LogP contribution < -0.4 is 10.1 Å². The Morgan fingerprint density at radius 2 is 1.93 bits per heavy atom. The molecule has 1 saturated heterocycles. The first kappa shape index (κ1) is 22.1. The third kappa shape index (κ3) is 5.94. The van der Waals surface area contributed by atoms with Gasteiger partial charge in [0, 0.05) is 29.7 Å². The van der Waals surface area contributed by atoms with Crippen molar-refractivity contribution in [1.82, 2.24) is 9.88 Å². The standard InChI is InChI=1S/C20H19BrF3N3O3/c21-15-4-5-17(25-11-15)26-19(29)13-6-8-27(9-7-13)18(28)12-30-16-3-1-2-14(10-16)20(22,23)24/h1-5,10-11,13H,6-9,12H2,(H,25,26,29). The molecular weight excluding hydrogens is 467 g/mol. The van der Waals surface area contributed by atoms with E-state index in [0.717, 1.165) is 16.6 Å². The summed E-state index contributed by atoms with van der Waals surface area (Å²) in [6.07, 6.45) is -1.92. The van der Waals surface area contributed by atoms with Crippen molar-refractivity contribution in [2.75, 3.05) is 25.0 Å². The summed E-state index contributed by atoms with van der Waals surface area (Å²) in [4.78, 5) is 30.3. The number of carbonyl (C=O) groups is 2. The lowest BCUT2D eigenvalue weighted by atomic mass is 9.96. The van der Waals surface area contributed by atoms with E-state index in [2.05, 4.69) is 26.2 Å². The molecule has 6 nitrogen and oxygen atoms in total. The second kappa shape index (κ2) is 9.46. The van der Waals surface area contributed by atoms with Gasteiger partial charge >= 0.3 is 6.18 Å².